The van der Waals surface area contributed by atoms with E-state index in [4.69, 9.17) is 9.72 Å². The van der Waals surface area contributed by atoms with E-state index < -0.39 is 23.6 Å². The van der Waals surface area contributed by atoms with Gasteiger partial charge in [-0.05, 0) is 36.2 Å². The molecule has 1 fully saturated rings. The molecule has 1 aliphatic heterocycles. The highest BCUT2D eigenvalue weighted by Crippen LogP contribution is 2.33. The first-order valence-corrected chi connectivity index (χ1v) is 11.7. The van der Waals surface area contributed by atoms with E-state index in [0.29, 0.717) is 48.7 Å². The molecule has 1 saturated heterocycles. The largest absolute Gasteiger partial charge is 0.464 e. The van der Waals surface area contributed by atoms with Gasteiger partial charge >= 0.3 is 12.1 Å². The second kappa shape index (κ2) is 10.4. The van der Waals surface area contributed by atoms with Crippen molar-refractivity contribution in [3.8, 4) is 6.07 Å². The first-order chi connectivity index (χ1) is 17.2. The zero-order chi connectivity index (χ0) is 25.9. The summed E-state index contributed by atoms with van der Waals surface area (Å²) in [6.07, 6.45) is -4.41. The summed E-state index contributed by atoms with van der Waals surface area (Å²) in [5.41, 5.74) is 1.18. The van der Waals surface area contributed by atoms with Gasteiger partial charge in [0, 0.05) is 31.9 Å². The Morgan fingerprint density at radius 3 is 2.28 bits per heavy atom. The second-order valence-corrected chi connectivity index (χ2v) is 9.03. The van der Waals surface area contributed by atoms with Crippen molar-refractivity contribution in [3.05, 3.63) is 59.8 Å². The van der Waals surface area contributed by atoms with Crippen molar-refractivity contribution >= 4 is 28.5 Å². The summed E-state index contributed by atoms with van der Waals surface area (Å²) in [5, 5.41) is 9.86. The van der Waals surface area contributed by atoms with Gasteiger partial charge in [0.25, 0.3) is 0 Å². The third-order valence-corrected chi connectivity index (χ3v) is 5.89. The summed E-state index contributed by atoms with van der Waals surface area (Å²) < 4.78 is 44.8. The van der Waals surface area contributed by atoms with Crippen molar-refractivity contribution < 1.29 is 22.7 Å². The van der Waals surface area contributed by atoms with Crippen LogP contribution in [0.4, 0.5) is 24.7 Å². The van der Waals surface area contributed by atoms with Crippen LogP contribution in [0, 0.1) is 17.2 Å². The number of hydrogen-bond acceptors (Lipinski definition) is 7. The van der Waals surface area contributed by atoms with E-state index in [1.54, 1.807) is 24.3 Å². The van der Waals surface area contributed by atoms with Gasteiger partial charge < -0.3 is 14.5 Å². The van der Waals surface area contributed by atoms with Crippen molar-refractivity contribution in [1.82, 2.24) is 9.97 Å². The minimum absolute atomic E-state index is 0.111. The molecule has 2 aromatic carbocycles. The number of anilines is 2. The van der Waals surface area contributed by atoms with Crippen LogP contribution >= 0.6 is 0 Å². The van der Waals surface area contributed by atoms with Gasteiger partial charge in [-0.3, -0.25) is 4.79 Å². The van der Waals surface area contributed by atoms with Crippen LogP contribution in [0.15, 0.2) is 48.5 Å². The molecule has 0 bridgehead atoms. The summed E-state index contributed by atoms with van der Waals surface area (Å²) in [4.78, 5) is 25.9. The van der Waals surface area contributed by atoms with E-state index in [1.165, 1.54) is 6.07 Å². The number of nitrogens with zero attached hydrogens (tertiary/aromatic N) is 5. The van der Waals surface area contributed by atoms with Crippen LogP contribution in [-0.2, 0) is 15.7 Å². The Bertz CT molecular complexity index is 1280. The number of esters is 1. The van der Waals surface area contributed by atoms with Gasteiger partial charge in [0.05, 0.1) is 29.3 Å². The lowest BCUT2D eigenvalue weighted by molar-refractivity contribution is -0.145. The van der Waals surface area contributed by atoms with Gasteiger partial charge in [-0.25, -0.2) is 9.97 Å². The zero-order valence-corrected chi connectivity index (χ0v) is 20.0. The fraction of sp³-hybridized carbons (Fsp3) is 0.385. The Hall–Kier alpha value is -3.87. The Labute approximate surface area is 207 Å². The van der Waals surface area contributed by atoms with Crippen molar-refractivity contribution in [1.29, 1.82) is 5.26 Å². The van der Waals surface area contributed by atoms with Crippen LogP contribution in [0.1, 0.15) is 31.0 Å². The van der Waals surface area contributed by atoms with Crippen LogP contribution < -0.4 is 9.80 Å². The van der Waals surface area contributed by atoms with Gasteiger partial charge in [0.1, 0.15) is 5.69 Å². The number of carbonyl (C=O) groups is 1. The predicted molar refractivity (Wildman–Crippen MR) is 130 cm³/mol. The minimum atomic E-state index is -4.41. The van der Waals surface area contributed by atoms with E-state index in [0.717, 1.165) is 12.1 Å². The molecule has 2 heterocycles. The van der Waals surface area contributed by atoms with Gasteiger partial charge in [0.15, 0.2) is 11.7 Å². The molecule has 0 radical (unpaired) electrons. The number of alkyl halides is 3. The highest BCUT2D eigenvalue weighted by Gasteiger charge is 2.33. The van der Waals surface area contributed by atoms with Crippen molar-refractivity contribution in [2.75, 3.05) is 42.6 Å². The van der Waals surface area contributed by atoms with E-state index in [-0.39, 0.29) is 18.2 Å². The minimum Gasteiger partial charge on any atom is -0.464 e. The number of aromatic nitrogens is 2. The topological polar surface area (TPSA) is 82.3 Å². The molecule has 1 aliphatic rings. The normalized spacial score (nSPS) is 15.1. The van der Waals surface area contributed by atoms with Crippen LogP contribution in [-0.4, -0.2) is 48.7 Å². The van der Waals surface area contributed by atoms with E-state index in [9.17, 15) is 23.2 Å². The lowest BCUT2D eigenvalue weighted by atomic mass is 10.1. The second-order valence-electron chi connectivity index (χ2n) is 9.03. The van der Waals surface area contributed by atoms with E-state index in [2.05, 4.69) is 4.98 Å². The first kappa shape index (κ1) is 25.2. The smallest absolute Gasteiger partial charge is 0.416 e. The maximum atomic E-state index is 13.2. The van der Waals surface area contributed by atoms with E-state index in [1.807, 2.05) is 35.8 Å². The molecule has 3 aromatic rings. The number of nitriles is 1. The third-order valence-electron chi connectivity index (χ3n) is 5.89. The maximum absolute atomic E-state index is 13.2. The predicted octanol–water partition coefficient (Wildman–Crippen LogP) is 4.78. The zero-order valence-electron chi connectivity index (χ0n) is 20.0. The quantitative estimate of drug-likeness (QED) is 0.453. The lowest BCUT2D eigenvalue weighted by Crippen LogP contribution is -2.47. The summed E-state index contributed by atoms with van der Waals surface area (Å²) in [6, 6.07) is 14.5. The molecule has 7 nitrogen and oxygen atoms in total. The SMILES string of the molecule is CC(C)COC(=O)[C@H](C#N)c1nc2ccccc2nc1N1CCN(c2cccc(C(F)(F)F)c2)CC1. The number of piperazine rings is 1. The number of hydrogen-bond donors (Lipinski definition) is 0. The molecule has 0 N–H and O–H groups in total. The average molecular weight is 498 g/mol. The molecule has 0 aliphatic carbocycles. The highest BCUT2D eigenvalue weighted by molar-refractivity contribution is 5.85. The summed E-state index contributed by atoms with van der Waals surface area (Å²) in [6.45, 7) is 5.71. The fourth-order valence-corrected chi connectivity index (χ4v) is 4.04. The number of ether oxygens (including phenoxy) is 1. The van der Waals surface area contributed by atoms with E-state index >= 15 is 0 Å². The number of benzene rings is 2. The van der Waals surface area contributed by atoms with Crippen LogP contribution in [0.25, 0.3) is 11.0 Å². The molecule has 0 saturated carbocycles. The Morgan fingerprint density at radius 1 is 1.03 bits per heavy atom. The fourth-order valence-electron chi connectivity index (χ4n) is 4.04. The molecule has 10 heteroatoms. The maximum Gasteiger partial charge on any atom is 0.416 e. The monoisotopic (exact) mass is 497 g/mol. The van der Waals surface area contributed by atoms with Crippen LogP contribution in [0.3, 0.4) is 0 Å². The Morgan fingerprint density at radius 2 is 1.67 bits per heavy atom. The van der Waals surface area contributed by atoms with Gasteiger partial charge in [0.2, 0.25) is 0 Å². The van der Waals surface area contributed by atoms with Crippen molar-refractivity contribution in [2.24, 2.45) is 5.92 Å². The summed E-state index contributed by atoms with van der Waals surface area (Å²) in [7, 11) is 0. The molecule has 0 spiro atoms. The lowest BCUT2D eigenvalue weighted by Gasteiger charge is -2.37. The van der Waals surface area contributed by atoms with Crippen LogP contribution in [0.5, 0.6) is 0 Å². The van der Waals surface area contributed by atoms with Crippen LogP contribution in [0.2, 0.25) is 0 Å². The molecule has 1 atom stereocenters. The first-order valence-electron chi connectivity index (χ1n) is 11.7. The number of fused-ring (bicyclic) bond motifs is 1. The van der Waals surface area contributed by atoms with Crippen molar-refractivity contribution in [3.63, 3.8) is 0 Å². The number of rotatable bonds is 6. The highest BCUT2D eigenvalue weighted by atomic mass is 19.4. The number of carbonyl (C=O) groups excluding carboxylic acids is 1. The summed E-state index contributed by atoms with van der Waals surface area (Å²) >= 11 is 0. The third kappa shape index (κ3) is 5.51. The summed E-state index contributed by atoms with van der Waals surface area (Å²) in [5.74, 6) is -1.41. The number of halogens is 3. The Kier molecular flexibility index (Phi) is 7.29. The molecule has 188 valence electrons. The van der Waals surface area contributed by atoms with Crippen molar-refractivity contribution in [2.45, 2.75) is 25.9 Å². The molecule has 0 amide bonds. The number of para-hydroxylation sites is 2. The molecule has 4 rings (SSSR count). The average Bonchev–Trinajstić information content (AvgIpc) is 2.87. The molecule has 36 heavy (non-hydrogen) atoms. The van der Waals surface area contributed by atoms with Gasteiger partial charge in [-0.15, -0.1) is 0 Å². The molecular weight excluding hydrogens is 471 g/mol. The molecular formula is C26H26F3N5O2. The molecule has 0 unspecified atom stereocenters. The van der Waals surface area contributed by atoms with Gasteiger partial charge in [-0.1, -0.05) is 32.0 Å². The Balaban J connectivity index is 1.61. The standard InChI is InChI=1S/C26H26F3N5O2/c1-17(2)16-36-25(35)20(15-30)23-24(32-22-9-4-3-8-21(22)31-23)34-12-10-33(11-13-34)19-7-5-6-18(14-19)26(27,28)29/h3-9,14,17,20H,10-13,16H2,1-2H3/t20-/m1/s1. The molecule has 1 aromatic heterocycles. The van der Waals surface area contributed by atoms with Gasteiger partial charge in [-0.2, -0.15) is 18.4 Å².